The van der Waals surface area contributed by atoms with Gasteiger partial charge in [0.1, 0.15) is 0 Å². The van der Waals surface area contributed by atoms with Crippen LogP contribution >= 0.6 is 0 Å². The summed E-state index contributed by atoms with van der Waals surface area (Å²) in [5.74, 6) is -0.520. The van der Waals surface area contributed by atoms with Gasteiger partial charge in [-0.2, -0.15) is 5.26 Å². The number of anilines is 1. The SMILES string of the molecule is N#CCS(=O)(=O)N1CC(N)Cc2ccccc21. The van der Waals surface area contributed by atoms with Crippen LogP contribution in [0.2, 0.25) is 0 Å². The van der Waals surface area contributed by atoms with Crippen LogP contribution in [0.25, 0.3) is 0 Å². The Hall–Kier alpha value is -1.58. The van der Waals surface area contributed by atoms with Crippen molar-refractivity contribution in [3.05, 3.63) is 29.8 Å². The summed E-state index contributed by atoms with van der Waals surface area (Å²) in [7, 11) is -3.59. The molecule has 5 nitrogen and oxygen atoms in total. The quantitative estimate of drug-likeness (QED) is 0.815. The van der Waals surface area contributed by atoms with Crippen LogP contribution in [0.3, 0.4) is 0 Å². The largest absolute Gasteiger partial charge is 0.326 e. The lowest BCUT2D eigenvalue weighted by Gasteiger charge is -2.33. The predicted octanol–water partition coefficient (Wildman–Crippen LogP) is 0.230. The lowest BCUT2D eigenvalue weighted by molar-refractivity contribution is 0.578. The van der Waals surface area contributed by atoms with Gasteiger partial charge in [-0.3, -0.25) is 4.31 Å². The third-order valence-electron chi connectivity index (χ3n) is 2.73. The van der Waals surface area contributed by atoms with Gasteiger partial charge in [0.25, 0.3) is 0 Å². The van der Waals surface area contributed by atoms with E-state index in [0.29, 0.717) is 12.1 Å². The highest BCUT2D eigenvalue weighted by atomic mass is 32.2. The smallest absolute Gasteiger partial charge is 0.248 e. The van der Waals surface area contributed by atoms with E-state index in [-0.39, 0.29) is 12.6 Å². The molecule has 6 heteroatoms. The van der Waals surface area contributed by atoms with Crippen molar-refractivity contribution in [2.24, 2.45) is 5.73 Å². The number of rotatable bonds is 2. The maximum Gasteiger partial charge on any atom is 0.248 e. The van der Waals surface area contributed by atoms with E-state index >= 15 is 0 Å². The fourth-order valence-electron chi connectivity index (χ4n) is 2.01. The standard InChI is InChI=1S/C11H13N3O2S/c12-5-6-17(15,16)14-8-10(13)7-9-3-1-2-4-11(9)14/h1-4,10H,6-8,13H2. The average molecular weight is 251 g/mol. The van der Waals surface area contributed by atoms with Crippen LogP contribution < -0.4 is 10.0 Å². The van der Waals surface area contributed by atoms with Gasteiger partial charge in [0.15, 0.2) is 5.75 Å². The predicted molar refractivity (Wildman–Crippen MR) is 64.9 cm³/mol. The first-order chi connectivity index (χ1) is 8.04. The number of hydrogen-bond acceptors (Lipinski definition) is 4. The maximum atomic E-state index is 11.9. The second-order valence-corrected chi connectivity index (χ2v) is 5.93. The van der Waals surface area contributed by atoms with Gasteiger partial charge in [-0.25, -0.2) is 8.42 Å². The second-order valence-electron chi connectivity index (χ2n) is 4.04. The molecule has 1 aromatic rings. The van der Waals surface area contributed by atoms with Crippen LogP contribution in [-0.4, -0.2) is 26.8 Å². The van der Waals surface area contributed by atoms with Gasteiger partial charge in [-0.15, -0.1) is 0 Å². The highest BCUT2D eigenvalue weighted by Crippen LogP contribution is 2.28. The Morgan fingerprint density at radius 2 is 2.18 bits per heavy atom. The Bertz CT molecular complexity index is 562. The fraction of sp³-hybridized carbons (Fsp3) is 0.364. The molecule has 0 radical (unpaired) electrons. The average Bonchev–Trinajstić information content (AvgIpc) is 2.27. The van der Waals surface area contributed by atoms with Gasteiger partial charge in [-0.05, 0) is 18.1 Å². The summed E-state index contributed by atoms with van der Waals surface area (Å²) < 4.78 is 25.1. The molecule has 1 aliphatic rings. The Morgan fingerprint density at radius 3 is 2.88 bits per heavy atom. The third kappa shape index (κ3) is 2.25. The van der Waals surface area contributed by atoms with Crippen LogP contribution in [0.5, 0.6) is 0 Å². The fourth-order valence-corrected chi connectivity index (χ4v) is 3.22. The molecule has 0 bridgehead atoms. The molecule has 1 unspecified atom stereocenters. The summed E-state index contributed by atoms with van der Waals surface area (Å²) in [6, 6.07) is 8.70. The molecule has 2 rings (SSSR count). The van der Waals surface area contributed by atoms with Crippen molar-refractivity contribution >= 4 is 15.7 Å². The van der Waals surface area contributed by atoms with Gasteiger partial charge < -0.3 is 5.73 Å². The molecule has 0 saturated carbocycles. The Kier molecular flexibility index (Phi) is 3.05. The van der Waals surface area contributed by atoms with E-state index in [0.717, 1.165) is 5.56 Å². The van der Waals surface area contributed by atoms with Crippen molar-refractivity contribution in [1.29, 1.82) is 5.26 Å². The molecular formula is C11H13N3O2S. The summed E-state index contributed by atoms with van der Waals surface area (Å²) in [5, 5.41) is 8.56. The number of fused-ring (bicyclic) bond motifs is 1. The number of nitrogens with zero attached hydrogens (tertiary/aromatic N) is 2. The summed E-state index contributed by atoms with van der Waals surface area (Å²) >= 11 is 0. The number of para-hydroxylation sites is 1. The van der Waals surface area contributed by atoms with Crippen LogP contribution in [0.15, 0.2) is 24.3 Å². The van der Waals surface area contributed by atoms with E-state index in [1.807, 2.05) is 12.1 Å². The second kappa shape index (κ2) is 4.35. The molecule has 1 atom stereocenters. The van der Waals surface area contributed by atoms with Crippen LogP contribution in [-0.2, 0) is 16.4 Å². The first kappa shape index (κ1) is 11.9. The zero-order chi connectivity index (χ0) is 12.5. The number of nitriles is 1. The molecule has 1 aliphatic heterocycles. The topological polar surface area (TPSA) is 87.2 Å². The van der Waals surface area contributed by atoms with Crippen LogP contribution in [0.1, 0.15) is 5.56 Å². The molecule has 1 heterocycles. The van der Waals surface area contributed by atoms with E-state index in [1.165, 1.54) is 4.31 Å². The van der Waals surface area contributed by atoms with Gasteiger partial charge in [-0.1, -0.05) is 18.2 Å². The summed E-state index contributed by atoms with van der Waals surface area (Å²) in [4.78, 5) is 0. The lowest BCUT2D eigenvalue weighted by atomic mass is 10.0. The number of hydrogen-bond donors (Lipinski definition) is 1. The first-order valence-electron chi connectivity index (χ1n) is 5.25. The van der Waals surface area contributed by atoms with Crippen LogP contribution in [0.4, 0.5) is 5.69 Å². The first-order valence-corrected chi connectivity index (χ1v) is 6.86. The zero-order valence-electron chi connectivity index (χ0n) is 9.20. The molecule has 0 fully saturated rings. The monoisotopic (exact) mass is 251 g/mol. The minimum absolute atomic E-state index is 0.224. The minimum atomic E-state index is -3.59. The Labute approximate surface area is 101 Å². The minimum Gasteiger partial charge on any atom is -0.326 e. The van der Waals surface area contributed by atoms with Crippen molar-refractivity contribution in [2.75, 3.05) is 16.6 Å². The van der Waals surface area contributed by atoms with Crippen molar-refractivity contribution in [2.45, 2.75) is 12.5 Å². The van der Waals surface area contributed by atoms with Gasteiger partial charge >= 0.3 is 0 Å². The molecule has 0 aromatic heterocycles. The molecule has 0 amide bonds. The van der Waals surface area contributed by atoms with E-state index < -0.39 is 15.8 Å². The summed E-state index contributed by atoms with van der Waals surface area (Å²) in [6.45, 7) is 0.237. The van der Waals surface area contributed by atoms with E-state index in [2.05, 4.69) is 0 Å². The summed E-state index contributed by atoms with van der Waals surface area (Å²) in [5.41, 5.74) is 7.40. The molecule has 90 valence electrons. The Morgan fingerprint density at radius 1 is 1.47 bits per heavy atom. The van der Waals surface area contributed by atoms with E-state index in [4.69, 9.17) is 11.0 Å². The lowest BCUT2D eigenvalue weighted by Crippen LogP contribution is -2.46. The van der Waals surface area contributed by atoms with E-state index in [9.17, 15) is 8.42 Å². The molecule has 0 aliphatic carbocycles. The normalized spacial score (nSPS) is 19.5. The number of benzene rings is 1. The van der Waals surface area contributed by atoms with Crippen molar-refractivity contribution in [3.63, 3.8) is 0 Å². The zero-order valence-corrected chi connectivity index (χ0v) is 10.0. The maximum absolute atomic E-state index is 11.9. The molecule has 2 N–H and O–H groups in total. The van der Waals surface area contributed by atoms with Crippen molar-refractivity contribution in [3.8, 4) is 6.07 Å². The van der Waals surface area contributed by atoms with Gasteiger partial charge in [0.2, 0.25) is 10.0 Å². The van der Waals surface area contributed by atoms with Crippen LogP contribution in [0, 0.1) is 11.3 Å². The highest BCUT2D eigenvalue weighted by molar-refractivity contribution is 7.93. The van der Waals surface area contributed by atoms with Crippen molar-refractivity contribution in [1.82, 2.24) is 0 Å². The third-order valence-corrected chi connectivity index (χ3v) is 4.24. The molecule has 17 heavy (non-hydrogen) atoms. The molecule has 0 spiro atoms. The van der Waals surface area contributed by atoms with Gasteiger partial charge in [0.05, 0.1) is 11.8 Å². The molecular weight excluding hydrogens is 238 g/mol. The number of sulfonamides is 1. The Balaban J connectivity index is 2.47. The molecule has 1 aromatic carbocycles. The van der Waals surface area contributed by atoms with E-state index in [1.54, 1.807) is 18.2 Å². The van der Waals surface area contributed by atoms with Crippen molar-refractivity contribution < 1.29 is 8.42 Å². The van der Waals surface area contributed by atoms with Gasteiger partial charge in [0, 0.05) is 12.6 Å². The highest BCUT2D eigenvalue weighted by Gasteiger charge is 2.30. The molecule has 0 saturated heterocycles. The summed E-state index contributed by atoms with van der Waals surface area (Å²) in [6.07, 6.45) is 0.661. The number of nitrogens with two attached hydrogens (primary N) is 1.